The number of benzene rings is 1. The normalized spacial score (nSPS) is 18.9. The summed E-state index contributed by atoms with van der Waals surface area (Å²) in [5.41, 5.74) is 1.22. The highest BCUT2D eigenvalue weighted by Gasteiger charge is 2.32. The number of rotatable bonds is 5. The summed E-state index contributed by atoms with van der Waals surface area (Å²) in [6, 6.07) is 7.48. The molecule has 1 aromatic carbocycles. The molecule has 1 saturated heterocycles. The van der Waals surface area contributed by atoms with Gasteiger partial charge in [0.25, 0.3) is 5.91 Å². The lowest BCUT2D eigenvalue weighted by Crippen LogP contribution is -2.45. The first kappa shape index (κ1) is 20.2. The molecule has 3 aromatic rings. The van der Waals surface area contributed by atoms with E-state index in [2.05, 4.69) is 22.1 Å². The van der Waals surface area contributed by atoms with Crippen molar-refractivity contribution in [2.75, 3.05) is 13.2 Å². The number of aromatic nitrogens is 4. The summed E-state index contributed by atoms with van der Waals surface area (Å²) < 4.78 is 5.04. The van der Waals surface area contributed by atoms with Crippen LogP contribution in [0.3, 0.4) is 0 Å². The third-order valence-corrected chi connectivity index (χ3v) is 6.43. The zero-order chi connectivity index (χ0) is 21.1. The van der Waals surface area contributed by atoms with E-state index in [0.717, 1.165) is 17.7 Å². The second-order valence-corrected chi connectivity index (χ2v) is 8.27. The molecule has 1 fully saturated rings. The number of para-hydroxylation sites is 1. The molecule has 0 N–H and O–H groups in total. The van der Waals surface area contributed by atoms with E-state index in [1.165, 1.54) is 16.1 Å². The monoisotopic (exact) mass is 425 g/mol. The van der Waals surface area contributed by atoms with E-state index in [1.807, 2.05) is 29.2 Å². The number of amides is 1. The fourth-order valence-corrected chi connectivity index (χ4v) is 4.64. The number of hydrogen-bond donors (Lipinski definition) is 0. The molecule has 156 valence electrons. The van der Waals surface area contributed by atoms with Crippen molar-refractivity contribution in [1.82, 2.24) is 24.9 Å². The molecule has 4 rings (SSSR count). The highest BCUT2D eigenvalue weighted by atomic mass is 32.1. The average Bonchev–Trinajstić information content (AvgIpc) is 3.46. The summed E-state index contributed by atoms with van der Waals surface area (Å²) in [5.74, 6) is -0.303. The highest BCUT2D eigenvalue weighted by molar-refractivity contribution is 7.13. The minimum absolute atomic E-state index is 0.0461. The molecule has 2 atom stereocenters. The van der Waals surface area contributed by atoms with Crippen molar-refractivity contribution in [3.05, 3.63) is 58.3 Å². The average molecular weight is 426 g/mol. The van der Waals surface area contributed by atoms with E-state index in [9.17, 15) is 9.59 Å². The van der Waals surface area contributed by atoms with Crippen LogP contribution in [0.1, 0.15) is 57.6 Å². The molecule has 0 radical (unpaired) electrons. The van der Waals surface area contributed by atoms with Crippen LogP contribution in [-0.4, -0.2) is 55.9 Å². The Labute approximate surface area is 178 Å². The number of piperidine rings is 1. The molecule has 0 bridgehead atoms. The molecule has 30 heavy (non-hydrogen) atoms. The minimum Gasteiger partial charge on any atom is -0.461 e. The Bertz CT molecular complexity index is 1030. The second kappa shape index (κ2) is 8.74. The van der Waals surface area contributed by atoms with Gasteiger partial charge in [-0.2, -0.15) is 15.0 Å². The number of hydrogen-bond acceptors (Lipinski definition) is 7. The number of ether oxygens (including phenoxy) is 1. The number of nitrogens with zero attached hydrogens (tertiary/aromatic N) is 5. The first-order chi connectivity index (χ1) is 14.6. The molecule has 0 spiro atoms. The van der Waals surface area contributed by atoms with Gasteiger partial charge in [0.05, 0.1) is 30.3 Å². The van der Waals surface area contributed by atoms with Crippen molar-refractivity contribution in [3.63, 3.8) is 0 Å². The predicted octanol–water partition coefficient (Wildman–Crippen LogP) is 3.31. The highest BCUT2D eigenvalue weighted by Crippen LogP contribution is 2.34. The SMILES string of the molecule is CCOC(=O)c1ncc([C@@H]2CC[C@@H](C)N(C(=O)c3ccccc3-n3nccn3)C2)s1. The summed E-state index contributed by atoms with van der Waals surface area (Å²) in [4.78, 5) is 34.0. The van der Waals surface area contributed by atoms with Crippen molar-refractivity contribution in [1.29, 1.82) is 0 Å². The Balaban J connectivity index is 1.56. The van der Waals surface area contributed by atoms with Crippen molar-refractivity contribution in [2.45, 2.75) is 38.6 Å². The quantitative estimate of drug-likeness (QED) is 0.583. The molecule has 2 aromatic heterocycles. The molecule has 0 aliphatic carbocycles. The number of likely N-dealkylation sites (tertiary alicyclic amines) is 1. The maximum Gasteiger partial charge on any atom is 0.367 e. The number of carbonyl (C=O) groups is 2. The van der Waals surface area contributed by atoms with E-state index in [4.69, 9.17) is 4.74 Å². The zero-order valence-electron chi connectivity index (χ0n) is 16.9. The molecule has 0 saturated carbocycles. The maximum absolute atomic E-state index is 13.5. The van der Waals surface area contributed by atoms with Crippen molar-refractivity contribution >= 4 is 23.2 Å². The van der Waals surface area contributed by atoms with Crippen LogP contribution in [0.4, 0.5) is 0 Å². The number of carbonyl (C=O) groups excluding carboxylic acids is 2. The summed E-state index contributed by atoms with van der Waals surface area (Å²) >= 11 is 1.35. The topological polar surface area (TPSA) is 90.2 Å². The molecular weight excluding hydrogens is 402 g/mol. The molecular formula is C21H23N5O3S. The van der Waals surface area contributed by atoms with Gasteiger partial charge in [0.15, 0.2) is 0 Å². The lowest BCUT2D eigenvalue weighted by atomic mass is 9.92. The van der Waals surface area contributed by atoms with E-state index in [0.29, 0.717) is 29.4 Å². The van der Waals surface area contributed by atoms with Gasteiger partial charge in [-0.3, -0.25) is 4.79 Å². The fraction of sp³-hybridized carbons (Fsp3) is 0.381. The van der Waals surface area contributed by atoms with Gasteiger partial charge in [-0.05, 0) is 38.8 Å². The van der Waals surface area contributed by atoms with Crippen LogP contribution in [-0.2, 0) is 4.74 Å². The first-order valence-electron chi connectivity index (χ1n) is 9.98. The smallest absolute Gasteiger partial charge is 0.367 e. The summed E-state index contributed by atoms with van der Waals surface area (Å²) in [6.45, 7) is 4.74. The van der Waals surface area contributed by atoms with E-state index in [-0.39, 0.29) is 17.9 Å². The first-order valence-corrected chi connectivity index (χ1v) is 10.8. The molecule has 3 heterocycles. The molecule has 0 unspecified atom stereocenters. The van der Waals surface area contributed by atoms with Crippen LogP contribution in [0.5, 0.6) is 0 Å². The Morgan fingerprint density at radius 3 is 2.73 bits per heavy atom. The van der Waals surface area contributed by atoms with Gasteiger partial charge in [-0.15, -0.1) is 11.3 Å². The van der Waals surface area contributed by atoms with Gasteiger partial charge >= 0.3 is 5.97 Å². The third kappa shape index (κ3) is 3.97. The van der Waals surface area contributed by atoms with Gasteiger partial charge in [-0.1, -0.05) is 12.1 Å². The van der Waals surface area contributed by atoms with Gasteiger partial charge in [-0.25, -0.2) is 9.78 Å². The largest absolute Gasteiger partial charge is 0.461 e. The van der Waals surface area contributed by atoms with Crippen LogP contribution in [0.2, 0.25) is 0 Å². The van der Waals surface area contributed by atoms with Crippen LogP contribution >= 0.6 is 11.3 Å². The molecule has 9 heteroatoms. The fourth-order valence-electron chi connectivity index (χ4n) is 3.71. The van der Waals surface area contributed by atoms with E-state index in [1.54, 1.807) is 25.5 Å². The number of esters is 1. The van der Waals surface area contributed by atoms with Crippen LogP contribution in [0, 0.1) is 0 Å². The molecule has 1 amide bonds. The summed E-state index contributed by atoms with van der Waals surface area (Å²) in [5, 5.41) is 8.71. The maximum atomic E-state index is 13.5. The van der Waals surface area contributed by atoms with Crippen LogP contribution in [0.25, 0.3) is 5.69 Å². The van der Waals surface area contributed by atoms with E-state index >= 15 is 0 Å². The number of thiazole rings is 1. The van der Waals surface area contributed by atoms with Crippen LogP contribution < -0.4 is 0 Å². The summed E-state index contributed by atoms with van der Waals surface area (Å²) in [6.07, 6.45) is 6.74. The third-order valence-electron chi connectivity index (χ3n) is 5.29. The minimum atomic E-state index is -0.397. The van der Waals surface area contributed by atoms with Gasteiger partial charge in [0.1, 0.15) is 0 Å². The lowest BCUT2D eigenvalue weighted by Gasteiger charge is -2.38. The molecule has 1 aliphatic heterocycles. The van der Waals surface area contributed by atoms with E-state index < -0.39 is 5.97 Å². The van der Waals surface area contributed by atoms with Gasteiger partial charge in [0, 0.05) is 29.6 Å². The molecule has 8 nitrogen and oxygen atoms in total. The second-order valence-electron chi connectivity index (χ2n) is 7.20. The Morgan fingerprint density at radius 2 is 1.97 bits per heavy atom. The standard InChI is InChI=1S/C21H23N5O3S/c1-3-29-21(28)19-22-12-18(30-19)15-9-8-14(2)25(13-15)20(27)16-6-4-5-7-17(16)26-23-10-11-24-26/h4-7,10-12,14-15H,3,8-9,13H2,1-2H3/t14-,15-/m1/s1. The Hall–Kier alpha value is -3.07. The Morgan fingerprint density at radius 1 is 1.20 bits per heavy atom. The van der Waals surface area contributed by atoms with Crippen molar-refractivity contribution < 1.29 is 14.3 Å². The Kier molecular flexibility index (Phi) is 5.89. The van der Waals surface area contributed by atoms with Gasteiger partial charge < -0.3 is 9.64 Å². The molecule has 1 aliphatic rings. The van der Waals surface area contributed by atoms with Crippen molar-refractivity contribution in [2.24, 2.45) is 0 Å². The zero-order valence-corrected chi connectivity index (χ0v) is 17.7. The van der Waals surface area contributed by atoms with Crippen LogP contribution in [0.15, 0.2) is 42.9 Å². The lowest BCUT2D eigenvalue weighted by molar-refractivity contribution is 0.0525. The summed E-state index contributed by atoms with van der Waals surface area (Å²) in [7, 11) is 0. The van der Waals surface area contributed by atoms with Crippen molar-refractivity contribution in [3.8, 4) is 5.69 Å². The predicted molar refractivity (Wildman–Crippen MR) is 112 cm³/mol. The van der Waals surface area contributed by atoms with Gasteiger partial charge in [0.2, 0.25) is 5.01 Å².